The Morgan fingerprint density at radius 2 is 2.05 bits per heavy atom. The largest absolute Gasteiger partial charge is 0.272 e. The van der Waals surface area contributed by atoms with Crippen LogP contribution >= 0.6 is 11.8 Å². The molecule has 0 saturated carbocycles. The first-order valence-corrected chi connectivity index (χ1v) is 7.33. The van der Waals surface area contributed by atoms with E-state index in [1.165, 1.54) is 18.0 Å². The lowest BCUT2D eigenvalue weighted by Gasteiger charge is -2.04. The molecular weight excluding hydrogens is 270 g/mol. The summed E-state index contributed by atoms with van der Waals surface area (Å²) in [6, 6.07) is 13.1. The first-order chi connectivity index (χ1) is 9.70. The Morgan fingerprint density at radius 1 is 1.25 bits per heavy atom. The standard InChI is InChI=1S/C15H15N3OS/c1-11-6-5-7-12(17-11)10-16-18-15(19)13-8-3-4-9-14(13)20-2/h3-10H,1-2H3,(H,18,19)/b16-10-. The van der Waals surface area contributed by atoms with E-state index in [1.807, 2.05) is 49.6 Å². The molecule has 2 rings (SSSR count). The van der Waals surface area contributed by atoms with Crippen molar-refractivity contribution < 1.29 is 4.79 Å². The van der Waals surface area contributed by atoms with E-state index in [9.17, 15) is 4.79 Å². The van der Waals surface area contributed by atoms with Crippen molar-refractivity contribution in [1.29, 1.82) is 0 Å². The van der Waals surface area contributed by atoms with E-state index < -0.39 is 0 Å². The molecule has 20 heavy (non-hydrogen) atoms. The van der Waals surface area contributed by atoms with Crippen molar-refractivity contribution in [2.75, 3.05) is 6.26 Å². The lowest BCUT2D eigenvalue weighted by atomic mass is 10.2. The predicted octanol–water partition coefficient (Wildman–Crippen LogP) is 2.88. The number of pyridine rings is 1. The molecule has 1 aromatic carbocycles. The molecule has 0 saturated heterocycles. The molecule has 0 atom stereocenters. The zero-order valence-electron chi connectivity index (χ0n) is 11.3. The second-order valence-electron chi connectivity index (χ2n) is 4.10. The summed E-state index contributed by atoms with van der Waals surface area (Å²) >= 11 is 1.53. The summed E-state index contributed by atoms with van der Waals surface area (Å²) in [6.07, 6.45) is 3.47. The molecule has 2 aromatic rings. The SMILES string of the molecule is CSc1ccccc1C(=O)N/N=C\c1cccc(C)n1. The van der Waals surface area contributed by atoms with Crippen LogP contribution in [0.1, 0.15) is 21.7 Å². The highest BCUT2D eigenvalue weighted by molar-refractivity contribution is 7.98. The van der Waals surface area contributed by atoms with Gasteiger partial charge in [0.05, 0.1) is 17.5 Å². The van der Waals surface area contributed by atoms with Gasteiger partial charge in [0.15, 0.2) is 0 Å². The van der Waals surface area contributed by atoms with Crippen molar-refractivity contribution in [2.45, 2.75) is 11.8 Å². The molecule has 0 aliphatic rings. The minimum Gasteiger partial charge on any atom is -0.267 e. The van der Waals surface area contributed by atoms with Gasteiger partial charge in [-0.2, -0.15) is 5.10 Å². The molecule has 4 nitrogen and oxygen atoms in total. The minimum absolute atomic E-state index is 0.223. The summed E-state index contributed by atoms with van der Waals surface area (Å²) in [7, 11) is 0. The van der Waals surface area contributed by atoms with Crippen molar-refractivity contribution >= 4 is 23.9 Å². The van der Waals surface area contributed by atoms with Gasteiger partial charge in [0.25, 0.3) is 5.91 Å². The molecule has 0 aliphatic carbocycles. The molecule has 1 aromatic heterocycles. The van der Waals surface area contributed by atoms with Gasteiger partial charge < -0.3 is 0 Å². The highest BCUT2D eigenvalue weighted by Gasteiger charge is 2.08. The Bertz CT molecular complexity index is 641. The highest BCUT2D eigenvalue weighted by Crippen LogP contribution is 2.19. The lowest BCUT2D eigenvalue weighted by molar-refractivity contribution is 0.0952. The first kappa shape index (κ1) is 14.3. The highest BCUT2D eigenvalue weighted by atomic mass is 32.2. The van der Waals surface area contributed by atoms with Crippen molar-refractivity contribution in [3.63, 3.8) is 0 Å². The third-order valence-corrected chi connectivity index (χ3v) is 3.42. The van der Waals surface area contributed by atoms with E-state index in [0.717, 1.165) is 10.6 Å². The van der Waals surface area contributed by atoms with Crippen LogP contribution in [-0.4, -0.2) is 23.4 Å². The van der Waals surface area contributed by atoms with E-state index >= 15 is 0 Å². The van der Waals surface area contributed by atoms with E-state index in [-0.39, 0.29) is 5.91 Å². The molecular formula is C15H15N3OS. The number of hydrogen-bond donors (Lipinski definition) is 1. The van der Waals surface area contributed by atoms with E-state index in [2.05, 4.69) is 15.5 Å². The minimum atomic E-state index is -0.223. The van der Waals surface area contributed by atoms with Crippen LogP contribution in [0.3, 0.4) is 0 Å². The monoisotopic (exact) mass is 285 g/mol. The Morgan fingerprint density at radius 3 is 2.80 bits per heavy atom. The summed E-state index contributed by atoms with van der Waals surface area (Å²) in [5, 5.41) is 3.94. The number of hydrogen-bond acceptors (Lipinski definition) is 4. The van der Waals surface area contributed by atoms with Crippen molar-refractivity contribution in [2.24, 2.45) is 5.10 Å². The van der Waals surface area contributed by atoms with Gasteiger partial charge in [-0.05, 0) is 37.4 Å². The van der Waals surface area contributed by atoms with Crippen LogP contribution in [0.15, 0.2) is 52.5 Å². The fraction of sp³-hybridized carbons (Fsp3) is 0.133. The van der Waals surface area contributed by atoms with Gasteiger partial charge in [-0.3, -0.25) is 9.78 Å². The van der Waals surface area contributed by atoms with E-state index in [0.29, 0.717) is 11.3 Å². The third kappa shape index (κ3) is 3.68. The number of carbonyl (C=O) groups excluding carboxylic acids is 1. The van der Waals surface area contributed by atoms with Crippen LogP contribution in [0.25, 0.3) is 0 Å². The van der Waals surface area contributed by atoms with Crippen LogP contribution in [0.5, 0.6) is 0 Å². The molecule has 0 fully saturated rings. The van der Waals surface area contributed by atoms with Crippen LogP contribution in [-0.2, 0) is 0 Å². The normalized spacial score (nSPS) is 10.7. The van der Waals surface area contributed by atoms with E-state index in [1.54, 1.807) is 6.07 Å². The topological polar surface area (TPSA) is 54.4 Å². The molecule has 102 valence electrons. The third-order valence-electron chi connectivity index (χ3n) is 2.62. The number of thioether (sulfide) groups is 1. The average Bonchev–Trinajstić information content (AvgIpc) is 2.47. The lowest BCUT2D eigenvalue weighted by Crippen LogP contribution is -2.18. The summed E-state index contributed by atoms with van der Waals surface area (Å²) in [4.78, 5) is 17.2. The summed E-state index contributed by atoms with van der Waals surface area (Å²) < 4.78 is 0. The number of rotatable bonds is 4. The van der Waals surface area contributed by atoms with Gasteiger partial charge >= 0.3 is 0 Å². The molecule has 0 aliphatic heterocycles. The van der Waals surface area contributed by atoms with Crippen molar-refractivity contribution in [3.8, 4) is 0 Å². The zero-order chi connectivity index (χ0) is 14.4. The second kappa shape index (κ2) is 6.86. The number of benzene rings is 1. The maximum absolute atomic E-state index is 12.0. The number of nitrogens with zero attached hydrogens (tertiary/aromatic N) is 2. The Balaban J connectivity index is 2.05. The van der Waals surface area contributed by atoms with Crippen LogP contribution in [0, 0.1) is 6.92 Å². The Hall–Kier alpha value is -2.14. The quantitative estimate of drug-likeness (QED) is 0.534. The number of carbonyl (C=O) groups is 1. The number of amides is 1. The molecule has 1 amide bonds. The van der Waals surface area contributed by atoms with Crippen LogP contribution in [0.4, 0.5) is 0 Å². The maximum atomic E-state index is 12.0. The van der Waals surface area contributed by atoms with Gasteiger partial charge in [-0.25, -0.2) is 5.43 Å². The summed E-state index contributed by atoms with van der Waals surface area (Å²) in [6.45, 7) is 1.91. The van der Waals surface area contributed by atoms with Gasteiger partial charge in [0.2, 0.25) is 0 Å². The van der Waals surface area contributed by atoms with Crippen LogP contribution < -0.4 is 5.43 Å². The van der Waals surface area contributed by atoms with Gasteiger partial charge in [0, 0.05) is 10.6 Å². The van der Waals surface area contributed by atoms with Gasteiger partial charge in [0.1, 0.15) is 0 Å². The van der Waals surface area contributed by atoms with E-state index in [4.69, 9.17) is 0 Å². The fourth-order valence-corrected chi connectivity index (χ4v) is 2.28. The Kier molecular flexibility index (Phi) is 4.90. The fourth-order valence-electron chi connectivity index (χ4n) is 1.69. The second-order valence-corrected chi connectivity index (χ2v) is 4.95. The number of aromatic nitrogens is 1. The predicted molar refractivity (Wildman–Crippen MR) is 82.3 cm³/mol. The molecule has 0 spiro atoms. The van der Waals surface area contributed by atoms with Gasteiger partial charge in [-0.15, -0.1) is 11.8 Å². The molecule has 0 unspecified atom stereocenters. The zero-order valence-corrected chi connectivity index (χ0v) is 12.1. The molecule has 0 radical (unpaired) electrons. The van der Waals surface area contributed by atoms with Gasteiger partial charge in [-0.1, -0.05) is 18.2 Å². The molecule has 1 N–H and O–H groups in total. The van der Waals surface area contributed by atoms with Crippen molar-refractivity contribution in [1.82, 2.24) is 10.4 Å². The Labute approximate surface area is 122 Å². The summed E-state index contributed by atoms with van der Waals surface area (Å²) in [5.41, 5.74) is 4.76. The maximum Gasteiger partial charge on any atom is 0.272 e. The smallest absolute Gasteiger partial charge is 0.267 e. The molecule has 0 bridgehead atoms. The number of aryl methyl sites for hydroxylation is 1. The first-order valence-electron chi connectivity index (χ1n) is 6.11. The summed E-state index contributed by atoms with van der Waals surface area (Å²) in [5.74, 6) is -0.223. The van der Waals surface area contributed by atoms with Crippen molar-refractivity contribution in [3.05, 3.63) is 59.4 Å². The average molecular weight is 285 g/mol. The molecule has 1 heterocycles. The molecule has 5 heteroatoms. The van der Waals surface area contributed by atoms with Crippen LogP contribution in [0.2, 0.25) is 0 Å². The number of nitrogens with one attached hydrogen (secondary N) is 1. The number of hydrazone groups is 1.